The van der Waals surface area contributed by atoms with E-state index in [1.54, 1.807) is 0 Å². The summed E-state index contributed by atoms with van der Waals surface area (Å²) >= 11 is 1.86. The number of hydrogen-bond donors (Lipinski definition) is 1. The van der Waals surface area contributed by atoms with Crippen molar-refractivity contribution in [1.82, 2.24) is 9.80 Å². The lowest BCUT2D eigenvalue weighted by atomic mass is 9.75. The van der Waals surface area contributed by atoms with Crippen LogP contribution in [0.2, 0.25) is 0 Å². The lowest BCUT2D eigenvalue weighted by Crippen LogP contribution is -2.59. The average molecular weight is 587 g/mol. The molecule has 3 fully saturated rings. The van der Waals surface area contributed by atoms with E-state index in [2.05, 4.69) is 36.1 Å². The van der Waals surface area contributed by atoms with Crippen LogP contribution in [0, 0.1) is 11.8 Å². The molecule has 2 amide bonds. The van der Waals surface area contributed by atoms with Crippen molar-refractivity contribution in [2.45, 2.75) is 81.4 Å². The third kappa shape index (κ3) is 6.17. The normalized spacial score (nSPS) is 26.1. The minimum Gasteiger partial charge on any atom is -0.475 e. The average Bonchev–Trinajstić information content (AvgIpc) is 3.38. The number of halogens is 3. The van der Waals surface area contributed by atoms with Crippen LogP contribution in [0.4, 0.5) is 13.2 Å². The van der Waals surface area contributed by atoms with Gasteiger partial charge in [-0.3, -0.25) is 24.2 Å². The van der Waals surface area contributed by atoms with Gasteiger partial charge in [-0.2, -0.15) is 13.2 Å². The number of amides is 2. The minimum atomic E-state index is -5.08. The molecular weight excluding hydrogens is 549 g/mol. The third-order valence-corrected chi connectivity index (χ3v) is 9.04. The molecule has 222 valence electrons. The van der Waals surface area contributed by atoms with Crippen molar-refractivity contribution in [2.75, 3.05) is 26.0 Å². The number of esters is 1. The fraction of sp³-hybridized carbons (Fsp3) is 0.643. The van der Waals surface area contributed by atoms with Gasteiger partial charge in [-0.25, -0.2) is 4.79 Å². The van der Waals surface area contributed by atoms with Crippen molar-refractivity contribution in [1.29, 1.82) is 0 Å². The fourth-order valence-electron chi connectivity index (χ4n) is 6.21. The molecule has 0 radical (unpaired) electrons. The SMILES string of the molecule is CCCCCCSc1ccc(C2C3C(=O)N(CC)C(=O)C3[C@]3(C(=O)OC)CCCCN23)cc1.O=C(O)C(F)(F)F. The number of thioether (sulfide) groups is 1. The monoisotopic (exact) mass is 586 g/mol. The lowest BCUT2D eigenvalue weighted by molar-refractivity contribution is -0.192. The summed E-state index contributed by atoms with van der Waals surface area (Å²) in [5.41, 5.74) is -0.0433. The minimum absolute atomic E-state index is 0.149. The number of imide groups is 1. The van der Waals surface area contributed by atoms with Crippen molar-refractivity contribution in [2.24, 2.45) is 11.8 Å². The first-order valence-corrected chi connectivity index (χ1v) is 14.7. The molecule has 0 saturated carbocycles. The van der Waals surface area contributed by atoms with Gasteiger partial charge >= 0.3 is 18.1 Å². The van der Waals surface area contributed by atoms with Gasteiger partial charge in [-0.05, 0) is 62.6 Å². The highest BCUT2D eigenvalue weighted by Crippen LogP contribution is 2.58. The van der Waals surface area contributed by atoms with Gasteiger partial charge in [0.2, 0.25) is 11.8 Å². The highest BCUT2D eigenvalue weighted by atomic mass is 32.2. The van der Waals surface area contributed by atoms with Crippen LogP contribution in [0.5, 0.6) is 0 Å². The van der Waals surface area contributed by atoms with Gasteiger partial charge in [0.15, 0.2) is 0 Å². The summed E-state index contributed by atoms with van der Waals surface area (Å²) in [5, 5.41) is 7.12. The number of ether oxygens (including phenoxy) is 1. The highest BCUT2D eigenvalue weighted by Gasteiger charge is 2.72. The molecule has 3 heterocycles. The molecule has 8 nitrogen and oxygen atoms in total. The molecule has 0 aliphatic carbocycles. The number of unbranched alkanes of at least 4 members (excludes halogenated alkanes) is 3. The molecule has 0 spiro atoms. The standard InChI is InChI=1S/C26H36N2O4S.C2HF3O2/c1-4-6-7-10-17-33-19-13-11-18(12-14-19)22-20-21(24(30)27(5-2)23(20)29)26(25(31)32-3)15-8-9-16-28(22)26;3-2(4,5)1(6)7/h11-14,20-22H,4-10,15-17H2,1-3H3;(H,6,7)/t20?,21?,22?,26-;/m0./s1. The maximum atomic E-state index is 13.4. The number of aliphatic carboxylic acids is 1. The van der Waals surface area contributed by atoms with E-state index in [1.165, 1.54) is 42.6 Å². The first-order valence-electron chi connectivity index (χ1n) is 13.7. The van der Waals surface area contributed by atoms with Crippen molar-refractivity contribution in [3.8, 4) is 0 Å². The van der Waals surface area contributed by atoms with E-state index in [-0.39, 0.29) is 23.8 Å². The smallest absolute Gasteiger partial charge is 0.475 e. The van der Waals surface area contributed by atoms with Crippen LogP contribution in [0.3, 0.4) is 0 Å². The molecule has 40 heavy (non-hydrogen) atoms. The Balaban J connectivity index is 0.000000559. The Morgan fingerprint density at radius 1 is 1.07 bits per heavy atom. The molecule has 3 unspecified atom stereocenters. The van der Waals surface area contributed by atoms with Gasteiger partial charge in [0.05, 0.1) is 18.9 Å². The summed E-state index contributed by atoms with van der Waals surface area (Å²) in [6, 6.07) is 8.13. The Morgan fingerprint density at radius 2 is 1.73 bits per heavy atom. The quantitative estimate of drug-likeness (QED) is 0.185. The summed E-state index contributed by atoms with van der Waals surface area (Å²) in [7, 11) is 1.39. The van der Waals surface area contributed by atoms with Crippen LogP contribution in [0.1, 0.15) is 70.4 Å². The predicted octanol–water partition coefficient (Wildman–Crippen LogP) is 5.07. The molecule has 0 bridgehead atoms. The van der Waals surface area contributed by atoms with Gasteiger partial charge in [0.1, 0.15) is 5.54 Å². The number of piperidine rings is 1. The Kier molecular flexibility index (Phi) is 10.7. The Labute approximate surface area is 236 Å². The number of hydrogen-bond acceptors (Lipinski definition) is 7. The zero-order valence-corrected chi connectivity index (χ0v) is 23.9. The summed E-state index contributed by atoms with van der Waals surface area (Å²) in [5.74, 6) is -3.61. The zero-order valence-electron chi connectivity index (χ0n) is 23.0. The number of carbonyl (C=O) groups excluding carboxylic acids is 3. The van der Waals surface area contributed by atoms with E-state index in [0.29, 0.717) is 19.5 Å². The van der Waals surface area contributed by atoms with Gasteiger partial charge in [-0.1, -0.05) is 38.3 Å². The van der Waals surface area contributed by atoms with E-state index in [9.17, 15) is 27.6 Å². The molecule has 1 aromatic rings. The second-order valence-corrected chi connectivity index (χ2v) is 11.4. The maximum absolute atomic E-state index is 13.4. The second-order valence-electron chi connectivity index (χ2n) is 10.2. The van der Waals surface area contributed by atoms with E-state index in [4.69, 9.17) is 14.6 Å². The first-order chi connectivity index (χ1) is 18.9. The Bertz CT molecular complexity index is 1080. The summed E-state index contributed by atoms with van der Waals surface area (Å²) in [4.78, 5) is 53.7. The molecule has 3 saturated heterocycles. The summed E-state index contributed by atoms with van der Waals surface area (Å²) < 4.78 is 37.0. The molecule has 0 aromatic heterocycles. The number of rotatable bonds is 9. The number of carboxylic acids is 1. The van der Waals surface area contributed by atoms with Crippen molar-refractivity contribution in [3.63, 3.8) is 0 Å². The molecular formula is C28H37F3N2O6S. The van der Waals surface area contributed by atoms with Crippen molar-refractivity contribution in [3.05, 3.63) is 29.8 Å². The molecule has 12 heteroatoms. The van der Waals surface area contributed by atoms with Gasteiger partial charge in [0, 0.05) is 17.5 Å². The van der Waals surface area contributed by atoms with E-state index in [1.807, 2.05) is 18.7 Å². The summed E-state index contributed by atoms with van der Waals surface area (Å²) in [6.07, 6.45) is 2.27. The number of fused-ring (bicyclic) bond motifs is 3. The van der Waals surface area contributed by atoms with Gasteiger partial charge < -0.3 is 9.84 Å². The number of nitrogens with zero attached hydrogens (tertiary/aromatic N) is 2. The van der Waals surface area contributed by atoms with Gasteiger partial charge in [0.25, 0.3) is 0 Å². The predicted molar refractivity (Wildman–Crippen MR) is 142 cm³/mol. The maximum Gasteiger partial charge on any atom is 0.490 e. The number of carboxylic acid groups (broad SMARTS) is 1. The van der Waals surface area contributed by atoms with E-state index < -0.39 is 29.5 Å². The van der Waals surface area contributed by atoms with Crippen LogP contribution >= 0.6 is 11.8 Å². The zero-order chi connectivity index (χ0) is 29.7. The van der Waals surface area contributed by atoms with Gasteiger partial charge in [-0.15, -0.1) is 11.8 Å². The van der Waals surface area contributed by atoms with Crippen LogP contribution in [0.25, 0.3) is 0 Å². The summed E-state index contributed by atoms with van der Waals surface area (Å²) in [6.45, 7) is 5.07. The fourth-order valence-corrected chi connectivity index (χ4v) is 7.12. The molecule has 3 aliphatic heterocycles. The highest BCUT2D eigenvalue weighted by molar-refractivity contribution is 7.99. The molecule has 1 aromatic carbocycles. The Hall–Kier alpha value is -2.60. The van der Waals surface area contributed by atoms with Crippen molar-refractivity contribution < 1.29 is 42.2 Å². The first kappa shape index (κ1) is 31.9. The number of benzene rings is 1. The van der Waals surface area contributed by atoms with E-state index >= 15 is 0 Å². The largest absolute Gasteiger partial charge is 0.490 e. The molecule has 4 atom stereocenters. The second kappa shape index (κ2) is 13.4. The topological polar surface area (TPSA) is 104 Å². The van der Waals surface area contributed by atoms with E-state index in [0.717, 1.165) is 24.2 Å². The van der Waals surface area contributed by atoms with Crippen LogP contribution < -0.4 is 0 Å². The number of alkyl halides is 3. The molecule has 3 aliphatic rings. The number of likely N-dealkylation sites (tertiary alicyclic amines) is 1. The number of methoxy groups -OCH3 is 1. The Morgan fingerprint density at radius 3 is 2.27 bits per heavy atom. The van der Waals surface area contributed by atoms with Crippen LogP contribution in [-0.2, 0) is 23.9 Å². The molecule has 4 rings (SSSR count). The molecule has 1 N–H and O–H groups in total. The lowest BCUT2D eigenvalue weighted by Gasteiger charge is -2.44. The van der Waals surface area contributed by atoms with Crippen LogP contribution in [0.15, 0.2) is 29.2 Å². The van der Waals surface area contributed by atoms with Crippen LogP contribution in [-0.4, -0.2) is 76.3 Å². The number of carbonyl (C=O) groups is 4. The third-order valence-electron chi connectivity index (χ3n) is 7.94. The van der Waals surface area contributed by atoms with Crippen molar-refractivity contribution >= 4 is 35.5 Å².